The van der Waals surface area contributed by atoms with Gasteiger partial charge in [0.1, 0.15) is 16.5 Å². The Kier molecular flexibility index (Phi) is 3.33. The van der Waals surface area contributed by atoms with E-state index in [4.69, 9.17) is 0 Å². The fourth-order valence-electron chi connectivity index (χ4n) is 2.63. The molecule has 3 rings (SSSR count). The van der Waals surface area contributed by atoms with Crippen LogP contribution in [0.5, 0.6) is 0 Å². The van der Waals surface area contributed by atoms with Crippen LogP contribution in [0.3, 0.4) is 0 Å². The van der Waals surface area contributed by atoms with Gasteiger partial charge in [-0.2, -0.15) is 0 Å². The zero-order chi connectivity index (χ0) is 14.3. The van der Waals surface area contributed by atoms with Crippen LogP contribution in [-0.2, 0) is 17.6 Å². The Labute approximate surface area is 121 Å². The third kappa shape index (κ3) is 2.24. The molecular formula is C14H16N3O2S-. The molecule has 0 unspecified atom stereocenters. The van der Waals surface area contributed by atoms with Crippen LogP contribution in [0.15, 0.2) is 0 Å². The number of carbonyl (C=O) groups is 1. The maximum absolute atomic E-state index is 10.9. The highest BCUT2D eigenvalue weighted by Gasteiger charge is 2.21. The van der Waals surface area contributed by atoms with Crippen LogP contribution < -0.4 is 10.4 Å². The fraction of sp³-hybridized carbons (Fsp3) is 0.500. The molecule has 1 aliphatic rings. The Morgan fingerprint density at radius 3 is 2.85 bits per heavy atom. The highest BCUT2D eigenvalue weighted by molar-refractivity contribution is 7.19. The highest BCUT2D eigenvalue weighted by Crippen LogP contribution is 2.38. The zero-order valence-corrected chi connectivity index (χ0v) is 12.3. The van der Waals surface area contributed by atoms with E-state index in [-0.39, 0.29) is 0 Å². The molecular weight excluding hydrogens is 274 g/mol. The molecule has 1 aliphatic carbocycles. The van der Waals surface area contributed by atoms with E-state index in [0.717, 1.165) is 23.1 Å². The van der Waals surface area contributed by atoms with Crippen LogP contribution in [-0.4, -0.2) is 22.0 Å². The van der Waals surface area contributed by atoms with Gasteiger partial charge in [0.2, 0.25) is 0 Å². The largest absolute Gasteiger partial charge is 0.548 e. The molecule has 0 aromatic carbocycles. The van der Waals surface area contributed by atoms with Crippen LogP contribution >= 0.6 is 11.3 Å². The number of rotatable bonds is 3. The van der Waals surface area contributed by atoms with E-state index < -0.39 is 12.0 Å². The average molecular weight is 290 g/mol. The summed E-state index contributed by atoms with van der Waals surface area (Å²) in [4.78, 5) is 22.2. The normalized spacial score (nSPS) is 15.9. The van der Waals surface area contributed by atoms with Crippen molar-refractivity contribution in [2.24, 2.45) is 0 Å². The van der Waals surface area contributed by atoms with E-state index in [0.29, 0.717) is 11.6 Å². The number of hydrogen-bond acceptors (Lipinski definition) is 6. The molecule has 2 aromatic heterocycles. The van der Waals surface area contributed by atoms with Gasteiger partial charge in [0.05, 0.1) is 17.4 Å². The number of nitrogens with zero attached hydrogens (tertiary/aromatic N) is 2. The lowest BCUT2D eigenvalue weighted by Gasteiger charge is -2.17. The zero-order valence-electron chi connectivity index (χ0n) is 11.5. The predicted octanol–water partition coefficient (Wildman–Crippen LogP) is 1.43. The van der Waals surface area contributed by atoms with Gasteiger partial charge < -0.3 is 15.2 Å². The number of carbonyl (C=O) groups excluding carboxylic acids is 1. The number of carboxylic acids is 1. The summed E-state index contributed by atoms with van der Waals surface area (Å²) >= 11 is 1.71. The van der Waals surface area contributed by atoms with E-state index in [1.807, 2.05) is 6.92 Å². The molecule has 5 nitrogen and oxygen atoms in total. The Balaban J connectivity index is 2.14. The number of anilines is 1. The molecule has 0 spiro atoms. The van der Waals surface area contributed by atoms with Crippen molar-refractivity contribution in [2.75, 3.05) is 5.32 Å². The van der Waals surface area contributed by atoms with E-state index in [2.05, 4.69) is 15.3 Å². The molecule has 2 aromatic rings. The first-order chi connectivity index (χ1) is 9.56. The summed E-state index contributed by atoms with van der Waals surface area (Å²) in [5.41, 5.74) is 1.30. The fourth-order valence-corrected chi connectivity index (χ4v) is 3.94. The minimum Gasteiger partial charge on any atom is -0.548 e. The molecule has 1 atom stereocenters. The number of aryl methyl sites for hydroxylation is 3. The Morgan fingerprint density at radius 1 is 1.35 bits per heavy atom. The predicted molar refractivity (Wildman–Crippen MR) is 76.9 cm³/mol. The van der Waals surface area contributed by atoms with Crippen LogP contribution in [0, 0.1) is 6.92 Å². The summed E-state index contributed by atoms with van der Waals surface area (Å²) in [6.07, 6.45) is 4.49. The first-order valence-electron chi connectivity index (χ1n) is 6.82. The lowest BCUT2D eigenvalue weighted by Crippen LogP contribution is -2.38. The van der Waals surface area contributed by atoms with E-state index in [1.54, 1.807) is 18.3 Å². The van der Waals surface area contributed by atoms with Crippen molar-refractivity contribution in [2.45, 2.75) is 45.6 Å². The summed E-state index contributed by atoms with van der Waals surface area (Å²) in [7, 11) is 0. The summed E-state index contributed by atoms with van der Waals surface area (Å²) in [6.45, 7) is 3.39. The van der Waals surface area contributed by atoms with Gasteiger partial charge in [-0.1, -0.05) is 0 Å². The molecule has 0 bridgehead atoms. The van der Waals surface area contributed by atoms with Crippen molar-refractivity contribution in [3.05, 3.63) is 16.3 Å². The van der Waals surface area contributed by atoms with Crippen LogP contribution in [0.4, 0.5) is 5.82 Å². The second kappa shape index (κ2) is 5.01. The third-order valence-electron chi connectivity index (χ3n) is 3.63. The van der Waals surface area contributed by atoms with Gasteiger partial charge in [-0.3, -0.25) is 0 Å². The lowest BCUT2D eigenvalue weighted by atomic mass is 9.97. The van der Waals surface area contributed by atoms with Gasteiger partial charge in [-0.15, -0.1) is 11.3 Å². The summed E-state index contributed by atoms with van der Waals surface area (Å²) in [6, 6.07) is -0.772. The molecule has 1 N–H and O–H groups in total. The molecule has 0 saturated carbocycles. The number of thiophene rings is 1. The lowest BCUT2D eigenvalue weighted by molar-refractivity contribution is -0.306. The molecule has 0 fully saturated rings. The molecule has 20 heavy (non-hydrogen) atoms. The van der Waals surface area contributed by atoms with Gasteiger partial charge in [0.25, 0.3) is 0 Å². The minimum absolute atomic E-state index is 0.628. The molecule has 0 radical (unpaired) electrons. The third-order valence-corrected chi connectivity index (χ3v) is 4.82. The van der Waals surface area contributed by atoms with Gasteiger partial charge in [0.15, 0.2) is 0 Å². The van der Waals surface area contributed by atoms with Crippen LogP contribution in [0.25, 0.3) is 10.2 Å². The quantitative estimate of drug-likeness (QED) is 0.925. The Hall–Kier alpha value is -1.69. The van der Waals surface area contributed by atoms with Crippen molar-refractivity contribution < 1.29 is 9.90 Å². The van der Waals surface area contributed by atoms with Crippen molar-refractivity contribution >= 4 is 33.3 Å². The maximum atomic E-state index is 10.9. The van der Waals surface area contributed by atoms with E-state index >= 15 is 0 Å². The number of nitrogens with one attached hydrogen (secondary N) is 1. The summed E-state index contributed by atoms with van der Waals surface area (Å²) < 4.78 is 0. The number of carboxylic acid groups (broad SMARTS) is 1. The number of hydrogen-bond donors (Lipinski definition) is 1. The van der Waals surface area contributed by atoms with Gasteiger partial charge >= 0.3 is 0 Å². The second-order valence-corrected chi connectivity index (χ2v) is 6.28. The smallest absolute Gasteiger partial charge is 0.139 e. The summed E-state index contributed by atoms with van der Waals surface area (Å²) in [5, 5.41) is 14.9. The SMILES string of the molecule is Cc1nc(N[C@H](C)C(=O)[O-])c2c3c(sc2n1)CCCC3. The van der Waals surface area contributed by atoms with Gasteiger partial charge in [-0.25, -0.2) is 9.97 Å². The monoisotopic (exact) mass is 290 g/mol. The van der Waals surface area contributed by atoms with Crippen molar-refractivity contribution in [1.82, 2.24) is 9.97 Å². The minimum atomic E-state index is -1.13. The first kappa shape index (κ1) is 13.3. The number of aromatic nitrogens is 2. The number of aliphatic carboxylic acids is 1. The molecule has 0 aliphatic heterocycles. The van der Waals surface area contributed by atoms with E-state index in [1.165, 1.54) is 23.3 Å². The van der Waals surface area contributed by atoms with Gasteiger partial charge in [-0.05, 0) is 45.1 Å². The second-order valence-electron chi connectivity index (χ2n) is 5.20. The Morgan fingerprint density at radius 2 is 2.10 bits per heavy atom. The molecule has 2 heterocycles. The van der Waals surface area contributed by atoms with Gasteiger partial charge in [0, 0.05) is 4.88 Å². The summed E-state index contributed by atoms with van der Waals surface area (Å²) in [5.74, 6) is 0.159. The molecule has 0 amide bonds. The number of fused-ring (bicyclic) bond motifs is 3. The maximum Gasteiger partial charge on any atom is 0.139 e. The van der Waals surface area contributed by atoms with Crippen LogP contribution in [0.2, 0.25) is 0 Å². The topological polar surface area (TPSA) is 77.9 Å². The first-order valence-corrected chi connectivity index (χ1v) is 7.64. The van der Waals surface area contributed by atoms with Crippen molar-refractivity contribution in [1.29, 1.82) is 0 Å². The molecule has 6 heteroatoms. The van der Waals surface area contributed by atoms with E-state index in [9.17, 15) is 9.90 Å². The van der Waals surface area contributed by atoms with Crippen molar-refractivity contribution in [3.8, 4) is 0 Å². The molecule has 106 valence electrons. The van der Waals surface area contributed by atoms with Crippen molar-refractivity contribution in [3.63, 3.8) is 0 Å². The molecule has 0 saturated heterocycles. The standard InChI is InChI=1S/C14H17N3O2S/c1-7(14(18)19)15-12-11-9-5-3-4-6-10(9)20-13(11)17-8(2)16-12/h7H,3-6H2,1-2H3,(H,18,19)(H,15,16,17)/p-1/t7-/m1/s1. The van der Waals surface area contributed by atoms with Crippen LogP contribution in [0.1, 0.15) is 36.0 Å². The Bertz CT molecular complexity index is 681. The average Bonchev–Trinajstić information content (AvgIpc) is 2.76. The highest BCUT2D eigenvalue weighted by atomic mass is 32.1.